The van der Waals surface area contributed by atoms with Crippen LogP contribution in [0, 0.1) is 5.92 Å². The van der Waals surface area contributed by atoms with Crippen LogP contribution in [0.2, 0.25) is 10.0 Å². The van der Waals surface area contributed by atoms with Gasteiger partial charge in [-0.3, -0.25) is 9.59 Å². The van der Waals surface area contributed by atoms with Gasteiger partial charge in [-0.25, -0.2) is 8.42 Å². The van der Waals surface area contributed by atoms with Crippen molar-refractivity contribution in [2.45, 2.75) is 11.7 Å². The highest BCUT2D eigenvalue weighted by Crippen LogP contribution is 2.30. The average Bonchev–Trinajstić information content (AvgIpc) is 2.62. The summed E-state index contributed by atoms with van der Waals surface area (Å²) in [4.78, 5) is 25.0. The van der Waals surface area contributed by atoms with Crippen molar-refractivity contribution in [2.75, 3.05) is 5.75 Å². The van der Waals surface area contributed by atoms with Crippen LogP contribution in [-0.4, -0.2) is 31.1 Å². The molecule has 2 aromatic carbocycles. The van der Waals surface area contributed by atoms with Gasteiger partial charge in [0.05, 0.1) is 11.5 Å². The summed E-state index contributed by atoms with van der Waals surface area (Å²) < 4.78 is 25.8. The van der Waals surface area contributed by atoms with Crippen LogP contribution in [0.1, 0.15) is 17.0 Å². The van der Waals surface area contributed by atoms with E-state index < -0.39 is 39.2 Å². The number of halogens is 2. The van der Waals surface area contributed by atoms with Crippen LogP contribution in [0.25, 0.3) is 0 Å². The highest BCUT2D eigenvalue weighted by atomic mass is 35.5. The first-order valence-corrected chi connectivity index (χ1v) is 11.5. The van der Waals surface area contributed by atoms with Gasteiger partial charge in [-0.15, -0.1) is 0 Å². The summed E-state index contributed by atoms with van der Waals surface area (Å²) >= 11 is 16.6. The van der Waals surface area contributed by atoms with Crippen LogP contribution in [0.5, 0.6) is 0 Å². The van der Waals surface area contributed by atoms with Crippen LogP contribution in [0.4, 0.5) is 0 Å². The Kier molecular flexibility index (Phi) is 6.58. The van der Waals surface area contributed by atoms with Crippen molar-refractivity contribution in [1.29, 1.82) is 0 Å². The SMILES string of the molecule is O=C1NC(=S)NC(=O)C1C(CS(=O)(=O)Cc1ccc(Cl)cc1)c1ccc(Cl)cc1. The molecule has 1 unspecified atom stereocenters. The maximum Gasteiger partial charge on any atom is 0.239 e. The Morgan fingerprint density at radius 2 is 1.38 bits per heavy atom. The van der Waals surface area contributed by atoms with Crippen molar-refractivity contribution in [1.82, 2.24) is 10.6 Å². The molecule has 29 heavy (non-hydrogen) atoms. The third-order valence-electron chi connectivity index (χ3n) is 4.47. The van der Waals surface area contributed by atoms with E-state index in [-0.39, 0.29) is 10.9 Å². The minimum Gasteiger partial charge on any atom is -0.302 e. The van der Waals surface area contributed by atoms with Gasteiger partial charge < -0.3 is 10.6 Å². The Bertz CT molecular complexity index is 1030. The van der Waals surface area contributed by atoms with E-state index in [4.69, 9.17) is 35.4 Å². The van der Waals surface area contributed by atoms with Crippen molar-refractivity contribution >= 4 is 62.2 Å². The molecule has 2 amide bonds. The molecule has 1 atom stereocenters. The van der Waals surface area contributed by atoms with Gasteiger partial charge in [0.1, 0.15) is 5.92 Å². The molecule has 0 aliphatic carbocycles. The molecule has 0 saturated carbocycles. The van der Waals surface area contributed by atoms with Gasteiger partial charge in [0.15, 0.2) is 14.9 Å². The number of benzene rings is 2. The van der Waals surface area contributed by atoms with E-state index in [1.165, 1.54) is 0 Å². The summed E-state index contributed by atoms with van der Waals surface area (Å²) in [6.45, 7) is 0. The van der Waals surface area contributed by atoms with Gasteiger partial charge >= 0.3 is 0 Å². The van der Waals surface area contributed by atoms with E-state index in [1.54, 1.807) is 48.5 Å². The Morgan fingerprint density at radius 1 is 0.897 bits per heavy atom. The van der Waals surface area contributed by atoms with Gasteiger partial charge in [0, 0.05) is 16.0 Å². The topological polar surface area (TPSA) is 92.3 Å². The monoisotopic (exact) mass is 470 g/mol. The molecular formula is C19H16Cl2N2O4S2. The second-order valence-electron chi connectivity index (χ2n) is 6.62. The highest BCUT2D eigenvalue weighted by molar-refractivity contribution is 7.90. The van der Waals surface area contributed by atoms with Crippen LogP contribution < -0.4 is 10.6 Å². The number of hydrogen-bond acceptors (Lipinski definition) is 5. The first kappa shape index (κ1) is 21.7. The molecule has 152 valence electrons. The normalized spacial score (nSPS) is 16.3. The average molecular weight is 471 g/mol. The fourth-order valence-corrected chi connectivity index (χ4v) is 5.36. The first-order valence-electron chi connectivity index (χ1n) is 8.50. The molecule has 0 spiro atoms. The van der Waals surface area contributed by atoms with Crippen molar-refractivity contribution in [3.05, 3.63) is 69.7 Å². The highest BCUT2D eigenvalue weighted by Gasteiger charge is 2.41. The van der Waals surface area contributed by atoms with Gasteiger partial charge in [-0.05, 0) is 47.6 Å². The minimum absolute atomic E-state index is 0.102. The number of hydrogen-bond donors (Lipinski definition) is 2. The van der Waals surface area contributed by atoms with Crippen molar-refractivity contribution in [3.8, 4) is 0 Å². The molecule has 2 aromatic rings. The number of amides is 2. The predicted octanol–water partition coefficient (Wildman–Crippen LogP) is 2.84. The third kappa shape index (κ3) is 5.54. The van der Waals surface area contributed by atoms with E-state index in [0.29, 0.717) is 21.2 Å². The molecule has 2 N–H and O–H groups in total. The van der Waals surface area contributed by atoms with Crippen LogP contribution in [0.3, 0.4) is 0 Å². The fourth-order valence-electron chi connectivity index (χ4n) is 3.16. The molecule has 10 heteroatoms. The second kappa shape index (κ2) is 8.79. The molecule has 0 aromatic heterocycles. The molecule has 1 aliphatic heterocycles. The first-order chi connectivity index (χ1) is 13.6. The van der Waals surface area contributed by atoms with Crippen molar-refractivity contribution in [2.24, 2.45) is 5.92 Å². The zero-order valence-corrected chi connectivity index (χ0v) is 18.0. The van der Waals surface area contributed by atoms with Crippen LogP contribution >= 0.6 is 35.4 Å². The van der Waals surface area contributed by atoms with Gasteiger partial charge in [-0.2, -0.15) is 0 Å². The lowest BCUT2D eigenvalue weighted by molar-refractivity contribution is -0.135. The fraction of sp³-hybridized carbons (Fsp3) is 0.211. The van der Waals surface area contributed by atoms with Gasteiger partial charge in [-0.1, -0.05) is 47.5 Å². The molecular weight excluding hydrogens is 455 g/mol. The number of nitrogens with one attached hydrogen (secondary N) is 2. The van der Waals surface area contributed by atoms with Gasteiger partial charge in [0.25, 0.3) is 0 Å². The largest absolute Gasteiger partial charge is 0.302 e. The summed E-state index contributed by atoms with van der Waals surface area (Å²) in [5.41, 5.74) is 1.07. The number of rotatable bonds is 6. The smallest absolute Gasteiger partial charge is 0.239 e. The molecule has 3 rings (SSSR count). The maximum atomic E-state index is 12.9. The lowest BCUT2D eigenvalue weighted by Crippen LogP contribution is -2.57. The summed E-state index contributed by atoms with van der Waals surface area (Å²) in [5, 5.41) is 5.63. The maximum absolute atomic E-state index is 12.9. The predicted molar refractivity (Wildman–Crippen MR) is 116 cm³/mol. The number of carbonyl (C=O) groups is 2. The van der Waals surface area contributed by atoms with Gasteiger partial charge in [0.2, 0.25) is 11.8 Å². The lowest BCUT2D eigenvalue weighted by atomic mass is 9.85. The third-order valence-corrected chi connectivity index (χ3v) is 6.82. The van der Waals surface area contributed by atoms with E-state index in [2.05, 4.69) is 10.6 Å². The van der Waals surface area contributed by atoms with E-state index >= 15 is 0 Å². The number of thiocarbonyl (C=S) groups is 1. The molecule has 0 bridgehead atoms. The van der Waals surface area contributed by atoms with Crippen molar-refractivity contribution < 1.29 is 18.0 Å². The molecule has 1 aliphatic rings. The Labute approximate surface area is 183 Å². The van der Waals surface area contributed by atoms with E-state index in [9.17, 15) is 18.0 Å². The standard InChI is InChI=1S/C19H16Cl2N2O4S2/c20-13-5-1-11(2-6-13)9-29(26,27)10-15(12-3-7-14(21)8-4-12)16-17(24)22-19(28)23-18(16)25/h1-8,15-16H,9-10H2,(H2,22,23,24,25,28). The molecule has 1 fully saturated rings. The summed E-state index contributed by atoms with van der Waals surface area (Å²) in [6.07, 6.45) is 0. The van der Waals surface area contributed by atoms with E-state index in [1.807, 2.05) is 0 Å². The molecule has 1 saturated heterocycles. The minimum atomic E-state index is -3.68. The zero-order chi connectivity index (χ0) is 21.2. The second-order valence-corrected chi connectivity index (χ2v) is 10.0. The number of carbonyl (C=O) groups excluding carboxylic acids is 2. The molecule has 1 heterocycles. The van der Waals surface area contributed by atoms with E-state index in [0.717, 1.165) is 0 Å². The molecule has 6 nitrogen and oxygen atoms in total. The summed E-state index contributed by atoms with van der Waals surface area (Å²) in [6, 6.07) is 12.8. The zero-order valence-electron chi connectivity index (χ0n) is 14.9. The Morgan fingerprint density at radius 3 is 1.90 bits per heavy atom. The summed E-state index contributed by atoms with van der Waals surface area (Å²) in [7, 11) is -3.68. The Balaban J connectivity index is 1.93. The molecule has 0 radical (unpaired) electrons. The van der Waals surface area contributed by atoms with Crippen molar-refractivity contribution in [3.63, 3.8) is 0 Å². The van der Waals surface area contributed by atoms with Crippen LogP contribution in [0.15, 0.2) is 48.5 Å². The summed E-state index contributed by atoms with van der Waals surface area (Å²) in [5.74, 6) is -4.09. The lowest BCUT2D eigenvalue weighted by Gasteiger charge is -2.29. The Hall–Kier alpha value is -2.00. The van der Waals surface area contributed by atoms with Crippen LogP contribution in [-0.2, 0) is 25.2 Å². The number of sulfone groups is 1. The quantitative estimate of drug-likeness (QED) is 0.500.